The van der Waals surface area contributed by atoms with Gasteiger partial charge < -0.3 is 14.8 Å². The van der Waals surface area contributed by atoms with Crippen LogP contribution < -0.4 is 10.1 Å². The summed E-state index contributed by atoms with van der Waals surface area (Å²) in [6.07, 6.45) is -0.141. The first kappa shape index (κ1) is 20.9. The number of nitrogens with one attached hydrogen (secondary N) is 1. The van der Waals surface area contributed by atoms with Crippen molar-refractivity contribution in [2.24, 2.45) is 0 Å². The molecule has 0 spiro atoms. The Balaban J connectivity index is 1.43. The Bertz CT molecular complexity index is 1050. The second-order valence-corrected chi connectivity index (χ2v) is 8.18. The lowest BCUT2D eigenvalue weighted by Crippen LogP contribution is -2.34. The highest BCUT2D eigenvalue weighted by atomic mass is 35.5. The van der Waals surface area contributed by atoms with Gasteiger partial charge in [-0.05, 0) is 29.8 Å². The zero-order valence-corrected chi connectivity index (χ0v) is 18.1. The molecule has 30 heavy (non-hydrogen) atoms. The van der Waals surface area contributed by atoms with Gasteiger partial charge in [-0.15, -0.1) is 0 Å². The van der Waals surface area contributed by atoms with Crippen molar-refractivity contribution in [1.29, 1.82) is 0 Å². The Kier molecular flexibility index (Phi) is 6.38. The van der Waals surface area contributed by atoms with Crippen LogP contribution in [-0.2, 0) is 17.8 Å². The Labute approximate surface area is 189 Å². The molecule has 1 unspecified atom stereocenters. The molecule has 1 aliphatic rings. The maximum Gasteiger partial charge on any atom is 0.407 e. The lowest BCUT2D eigenvalue weighted by molar-refractivity contribution is 0.133. The number of ether oxygens (including phenoxy) is 2. The number of hydrogen-bond donors (Lipinski definition) is 1. The fourth-order valence-electron chi connectivity index (χ4n) is 3.42. The maximum atomic E-state index is 12.0. The van der Waals surface area contributed by atoms with Gasteiger partial charge in [0, 0.05) is 28.1 Å². The Morgan fingerprint density at radius 2 is 1.77 bits per heavy atom. The first-order valence-electron chi connectivity index (χ1n) is 9.39. The third-order valence-electron chi connectivity index (χ3n) is 4.78. The molecule has 1 amide bonds. The van der Waals surface area contributed by atoms with Crippen molar-refractivity contribution in [3.8, 4) is 16.9 Å². The molecule has 3 aromatic rings. The Morgan fingerprint density at radius 1 is 1.03 bits per heavy atom. The average molecular weight is 463 g/mol. The minimum absolute atomic E-state index is 0.211. The normalized spacial score (nSPS) is 14.7. The fourth-order valence-corrected chi connectivity index (χ4v) is 4.26. The van der Waals surface area contributed by atoms with Crippen molar-refractivity contribution >= 4 is 40.9 Å². The molecule has 0 saturated heterocycles. The van der Waals surface area contributed by atoms with E-state index in [0.717, 1.165) is 16.7 Å². The molecule has 3 aromatic carbocycles. The standard InChI is InChI=1S/C23H18Cl3NO3/c24-16-9-15-10-17(12-27-23(28)29-13-14-5-2-1-3-6-14)30-22(15)18(11-16)21-19(25)7-4-8-20(21)26/h1-9,11,17H,10,12-13H2,(H,27,28). The molecule has 154 valence electrons. The number of carbonyl (C=O) groups is 1. The predicted molar refractivity (Wildman–Crippen MR) is 120 cm³/mol. The zero-order valence-electron chi connectivity index (χ0n) is 15.8. The molecule has 0 bridgehead atoms. The van der Waals surface area contributed by atoms with Gasteiger partial charge in [-0.2, -0.15) is 0 Å². The van der Waals surface area contributed by atoms with E-state index >= 15 is 0 Å². The average Bonchev–Trinajstić information content (AvgIpc) is 3.14. The molecular formula is C23H18Cl3NO3. The molecule has 4 nitrogen and oxygen atoms in total. The van der Waals surface area contributed by atoms with Crippen molar-refractivity contribution in [3.05, 3.63) is 86.9 Å². The number of benzene rings is 3. The van der Waals surface area contributed by atoms with Crippen LogP contribution in [0.1, 0.15) is 11.1 Å². The third-order valence-corrected chi connectivity index (χ3v) is 5.63. The molecule has 0 aliphatic carbocycles. The number of carbonyl (C=O) groups excluding carboxylic acids is 1. The SMILES string of the molecule is O=C(NCC1Cc2cc(Cl)cc(-c3c(Cl)cccc3Cl)c2O1)OCc1ccccc1. The minimum Gasteiger partial charge on any atom is -0.487 e. The molecule has 1 atom stereocenters. The highest BCUT2D eigenvalue weighted by Crippen LogP contribution is 2.45. The predicted octanol–water partition coefficient (Wildman–Crippen LogP) is 6.54. The van der Waals surface area contributed by atoms with Gasteiger partial charge in [0.25, 0.3) is 0 Å². The minimum atomic E-state index is -0.495. The fraction of sp³-hybridized carbons (Fsp3) is 0.174. The number of alkyl carbamates (subject to hydrolysis) is 1. The number of hydrogen-bond acceptors (Lipinski definition) is 3. The molecule has 1 N–H and O–H groups in total. The van der Waals surface area contributed by atoms with Crippen LogP contribution in [0.3, 0.4) is 0 Å². The molecule has 1 aliphatic heterocycles. The first-order valence-corrected chi connectivity index (χ1v) is 10.5. The quantitative estimate of drug-likeness (QED) is 0.468. The zero-order chi connectivity index (χ0) is 21.1. The third kappa shape index (κ3) is 4.67. The van der Waals surface area contributed by atoms with Gasteiger partial charge in [0.15, 0.2) is 0 Å². The summed E-state index contributed by atoms with van der Waals surface area (Å²) in [4.78, 5) is 12.0. The van der Waals surface area contributed by atoms with Gasteiger partial charge in [0.1, 0.15) is 18.5 Å². The molecular weight excluding hydrogens is 445 g/mol. The van der Waals surface area contributed by atoms with E-state index in [9.17, 15) is 4.79 Å². The van der Waals surface area contributed by atoms with Gasteiger partial charge in [-0.1, -0.05) is 71.2 Å². The summed E-state index contributed by atoms with van der Waals surface area (Å²) in [5.74, 6) is 0.679. The first-order chi connectivity index (χ1) is 14.5. The monoisotopic (exact) mass is 461 g/mol. The van der Waals surface area contributed by atoms with Crippen LogP contribution in [0.4, 0.5) is 4.79 Å². The summed E-state index contributed by atoms with van der Waals surface area (Å²) in [5, 5.41) is 4.35. The largest absolute Gasteiger partial charge is 0.487 e. The second kappa shape index (κ2) is 9.17. The molecule has 0 fully saturated rings. The van der Waals surface area contributed by atoms with E-state index < -0.39 is 6.09 Å². The van der Waals surface area contributed by atoms with E-state index in [1.54, 1.807) is 24.3 Å². The lowest BCUT2D eigenvalue weighted by Gasteiger charge is -2.15. The van der Waals surface area contributed by atoms with E-state index in [1.165, 1.54) is 0 Å². The van der Waals surface area contributed by atoms with E-state index in [-0.39, 0.29) is 12.7 Å². The molecule has 0 radical (unpaired) electrons. The van der Waals surface area contributed by atoms with E-state index in [1.807, 2.05) is 36.4 Å². The van der Waals surface area contributed by atoms with Crippen LogP contribution in [0.5, 0.6) is 5.75 Å². The summed E-state index contributed by atoms with van der Waals surface area (Å²) in [7, 11) is 0. The Hall–Kier alpha value is -2.40. The highest BCUT2D eigenvalue weighted by Gasteiger charge is 2.28. The van der Waals surface area contributed by atoms with Crippen LogP contribution in [0, 0.1) is 0 Å². The number of rotatable bonds is 5. The van der Waals surface area contributed by atoms with Gasteiger partial charge >= 0.3 is 6.09 Å². The number of fused-ring (bicyclic) bond motifs is 1. The summed E-state index contributed by atoms with van der Waals surface area (Å²) >= 11 is 19.1. The highest BCUT2D eigenvalue weighted by molar-refractivity contribution is 6.39. The molecule has 7 heteroatoms. The van der Waals surface area contributed by atoms with Crippen LogP contribution in [0.25, 0.3) is 11.1 Å². The van der Waals surface area contributed by atoms with E-state index in [4.69, 9.17) is 44.3 Å². The van der Waals surface area contributed by atoms with Crippen LogP contribution in [0.15, 0.2) is 60.7 Å². The van der Waals surface area contributed by atoms with E-state index in [2.05, 4.69) is 5.32 Å². The van der Waals surface area contributed by atoms with Gasteiger partial charge in [0.2, 0.25) is 0 Å². The Morgan fingerprint density at radius 3 is 2.50 bits per heavy atom. The van der Waals surface area contributed by atoms with Gasteiger partial charge in [-0.25, -0.2) is 4.79 Å². The maximum absolute atomic E-state index is 12.0. The molecule has 4 rings (SSSR count). The van der Waals surface area contributed by atoms with Crippen LogP contribution >= 0.6 is 34.8 Å². The van der Waals surface area contributed by atoms with Gasteiger partial charge in [0.05, 0.1) is 16.6 Å². The van der Waals surface area contributed by atoms with Crippen molar-refractivity contribution in [1.82, 2.24) is 5.32 Å². The van der Waals surface area contributed by atoms with Crippen molar-refractivity contribution < 1.29 is 14.3 Å². The van der Waals surface area contributed by atoms with Crippen LogP contribution in [0.2, 0.25) is 15.1 Å². The summed E-state index contributed by atoms with van der Waals surface area (Å²) in [5.41, 5.74) is 3.28. The lowest BCUT2D eigenvalue weighted by atomic mass is 10.0. The topological polar surface area (TPSA) is 47.6 Å². The summed E-state index contributed by atoms with van der Waals surface area (Å²) in [6, 6.07) is 18.5. The van der Waals surface area contributed by atoms with Crippen molar-refractivity contribution in [2.45, 2.75) is 19.1 Å². The van der Waals surface area contributed by atoms with Crippen LogP contribution in [-0.4, -0.2) is 18.7 Å². The second-order valence-electron chi connectivity index (χ2n) is 6.92. The summed E-state index contributed by atoms with van der Waals surface area (Å²) in [6.45, 7) is 0.513. The molecule has 0 saturated carbocycles. The summed E-state index contributed by atoms with van der Waals surface area (Å²) < 4.78 is 11.4. The smallest absolute Gasteiger partial charge is 0.407 e. The molecule has 1 heterocycles. The van der Waals surface area contributed by atoms with Crippen molar-refractivity contribution in [3.63, 3.8) is 0 Å². The van der Waals surface area contributed by atoms with E-state index in [0.29, 0.717) is 39.3 Å². The number of amides is 1. The van der Waals surface area contributed by atoms with Gasteiger partial charge in [-0.3, -0.25) is 0 Å². The number of halogens is 3. The molecule has 0 aromatic heterocycles. The van der Waals surface area contributed by atoms with Crippen molar-refractivity contribution in [2.75, 3.05) is 6.54 Å².